The third-order valence-electron chi connectivity index (χ3n) is 13.5. The first-order chi connectivity index (χ1) is 39.7. The zero-order valence-electron chi connectivity index (χ0n) is 50.1. The molecule has 0 saturated heterocycles. The fourth-order valence-corrected chi connectivity index (χ4v) is 9.85. The highest BCUT2D eigenvalue weighted by atomic mass is 35.5. The molecule has 0 aliphatic carbocycles. The second-order valence-electron chi connectivity index (χ2n) is 21.9. The Morgan fingerprint density at radius 2 is 0.723 bits per heavy atom. The van der Waals surface area contributed by atoms with Gasteiger partial charge in [0.2, 0.25) is 0 Å². The molecule has 0 aliphatic heterocycles. The number of aromatic nitrogens is 3. The van der Waals surface area contributed by atoms with Crippen molar-refractivity contribution in [2.45, 2.75) is 119 Å². The molecule has 0 atom stereocenters. The van der Waals surface area contributed by atoms with Crippen LogP contribution in [0.4, 0.5) is 0 Å². The molecule has 3 heterocycles. The summed E-state index contributed by atoms with van der Waals surface area (Å²) >= 11 is 29.5. The van der Waals surface area contributed by atoms with Gasteiger partial charge in [-0.2, -0.15) is 0 Å². The van der Waals surface area contributed by atoms with Crippen LogP contribution in [0.1, 0.15) is 152 Å². The van der Waals surface area contributed by atoms with Gasteiger partial charge in [0.15, 0.2) is 0 Å². The molecule has 7 aromatic carbocycles. The maximum atomic E-state index is 6.00. The van der Waals surface area contributed by atoms with Gasteiger partial charge in [-0.25, -0.2) is 0 Å². The Bertz CT molecular complexity index is 3280. The van der Waals surface area contributed by atoms with E-state index in [0.717, 1.165) is 26.9 Å². The fourth-order valence-electron chi connectivity index (χ4n) is 8.50. The summed E-state index contributed by atoms with van der Waals surface area (Å²) < 4.78 is 0. The molecule has 0 bridgehead atoms. The van der Waals surface area contributed by atoms with E-state index in [1.54, 1.807) is 18.3 Å². The van der Waals surface area contributed by atoms with Gasteiger partial charge in [-0.05, 0) is 169 Å². The molecule has 0 N–H and O–H groups in total. The van der Waals surface area contributed by atoms with E-state index in [4.69, 9.17) is 58.0 Å². The van der Waals surface area contributed by atoms with E-state index in [1.165, 1.54) is 61.2 Å². The molecule has 0 aliphatic rings. The van der Waals surface area contributed by atoms with Crippen LogP contribution in [0.15, 0.2) is 231 Å². The highest BCUT2D eigenvalue weighted by Crippen LogP contribution is 2.32. The minimum Gasteiger partial charge on any atom is -0.265 e. The lowest BCUT2D eigenvalue weighted by Gasteiger charge is -2.08. The second-order valence-corrected chi connectivity index (χ2v) is 24.0. The fraction of sp³-hybridized carbons (Fsp3) is 0.240. The molecule has 0 fully saturated rings. The molecule has 0 radical (unpaired) electrons. The van der Waals surface area contributed by atoms with Crippen LogP contribution in [0.5, 0.6) is 0 Å². The molecular weight excluding hydrogens is 1120 g/mol. The third kappa shape index (κ3) is 22.5. The van der Waals surface area contributed by atoms with Gasteiger partial charge in [0, 0.05) is 51.6 Å². The Hall–Kier alpha value is -6.56. The maximum absolute atomic E-state index is 6.00. The zero-order chi connectivity index (χ0) is 60.4. The van der Waals surface area contributed by atoms with Gasteiger partial charge in [0.05, 0.1) is 15.7 Å². The van der Waals surface area contributed by atoms with E-state index in [0.29, 0.717) is 50.6 Å². The van der Waals surface area contributed by atoms with Crippen molar-refractivity contribution in [2.24, 2.45) is 0 Å². The Labute approximate surface area is 522 Å². The van der Waals surface area contributed by atoms with Crippen molar-refractivity contribution in [1.82, 2.24) is 15.0 Å². The summed E-state index contributed by atoms with van der Waals surface area (Å²) in [5.74, 6) is 3.15. The zero-order valence-corrected chi connectivity index (χ0v) is 53.9. The van der Waals surface area contributed by atoms with Crippen LogP contribution in [0, 0.1) is 0 Å². The normalized spacial score (nSPS) is 10.6. The molecule has 0 unspecified atom stereocenters. The molecular formula is C75H80Cl5N3. The minimum absolute atomic E-state index is 0.432. The van der Waals surface area contributed by atoms with Crippen molar-refractivity contribution in [3.63, 3.8) is 0 Å². The summed E-state index contributed by atoms with van der Waals surface area (Å²) in [6.45, 7) is 26.1. The number of hydrogen-bond acceptors (Lipinski definition) is 3. The quantitative estimate of drug-likeness (QED) is 0.137. The van der Waals surface area contributed by atoms with E-state index in [-0.39, 0.29) is 0 Å². The highest BCUT2D eigenvalue weighted by Gasteiger charge is 2.09. The summed E-state index contributed by atoms with van der Waals surface area (Å²) in [7, 11) is 0. The number of hydrogen-bond donors (Lipinski definition) is 0. The van der Waals surface area contributed by atoms with Crippen LogP contribution in [0.3, 0.4) is 0 Å². The van der Waals surface area contributed by atoms with E-state index < -0.39 is 0 Å². The molecule has 0 saturated carbocycles. The summed E-state index contributed by atoms with van der Waals surface area (Å²) in [5, 5.41) is 3.56. The van der Waals surface area contributed by atoms with Crippen molar-refractivity contribution in [3.8, 4) is 44.6 Å². The largest absolute Gasteiger partial charge is 0.265 e. The minimum atomic E-state index is 0.432. The lowest BCUT2D eigenvalue weighted by molar-refractivity contribution is 0.867. The first kappa shape index (κ1) is 67.2. The maximum Gasteiger partial charge on any atom is 0.0702 e. The number of rotatable bonds is 10. The van der Waals surface area contributed by atoms with Gasteiger partial charge in [-0.1, -0.05) is 275 Å². The lowest BCUT2D eigenvalue weighted by Crippen LogP contribution is -1.88. The molecule has 83 heavy (non-hydrogen) atoms. The van der Waals surface area contributed by atoms with Crippen LogP contribution in [0.25, 0.3) is 44.6 Å². The molecule has 10 aromatic rings. The van der Waals surface area contributed by atoms with Gasteiger partial charge < -0.3 is 0 Å². The van der Waals surface area contributed by atoms with E-state index in [1.807, 2.05) is 104 Å². The Kier molecular flexibility index (Phi) is 28.3. The summed E-state index contributed by atoms with van der Waals surface area (Å²) in [4.78, 5) is 12.5. The number of nitrogens with zero attached hydrogens (tertiary/aromatic N) is 3. The highest BCUT2D eigenvalue weighted by molar-refractivity contribution is 6.42. The van der Waals surface area contributed by atoms with Crippen LogP contribution < -0.4 is 0 Å². The van der Waals surface area contributed by atoms with Crippen molar-refractivity contribution >= 4 is 58.0 Å². The Morgan fingerprint density at radius 3 is 1.17 bits per heavy atom. The summed E-state index contributed by atoms with van der Waals surface area (Å²) in [6.07, 6.45) is 9.20. The van der Waals surface area contributed by atoms with Gasteiger partial charge >= 0.3 is 0 Å². The second kappa shape index (κ2) is 34.9. The van der Waals surface area contributed by atoms with E-state index in [9.17, 15) is 0 Å². The van der Waals surface area contributed by atoms with Gasteiger partial charge in [-0.3, -0.25) is 15.0 Å². The predicted molar refractivity (Wildman–Crippen MR) is 363 cm³/mol. The number of pyridine rings is 3. The lowest BCUT2D eigenvalue weighted by atomic mass is 9.97. The first-order valence-electron chi connectivity index (χ1n) is 28.5. The standard InChI is InChI=1S/C15H15Cl.3C14H15N.2C9H10Cl2/c1-11(2)12-5-3-6-13(9-12)14-7-4-8-15(16)10-14;1-11(2)12-5-3-6-13(9-12)14-7-4-8-15-10-14;1-11(2)12-6-5-7-13(10-12)14-8-3-4-9-15-14;1-11(2)13-4-3-5-14(10-13)12-6-8-15-9-7-12;1-6(2)8-4-3-7(10)5-9(8)11;1-6(2)7-4-3-5-8(10)9(7)11/h3-11H,1-2H3;3*3-11H,1-2H3;2*3-6H,1-2H3. The number of benzene rings is 7. The first-order valence-corrected chi connectivity index (χ1v) is 30.4. The SMILES string of the molecule is CC(C)c1ccc(Cl)cc1Cl.CC(C)c1cccc(-c2cccc(Cl)c2)c1.CC(C)c1cccc(-c2ccccn2)c1.CC(C)c1cccc(-c2cccnc2)c1.CC(C)c1cccc(-c2ccncc2)c1.CC(C)c1cccc(Cl)c1Cl. The van der Waals surface area contributed by atoms with Gasteiger partial charge in [-0.15, -0.1) is 0 Å². The average molecular weight is 1200 g/mol. The molecule has 430 valence electrons. The van der Waals surface area contributed by atoms with Crippen molar-refractivity contribution in [1.29, 1.82) is 0 Å². The van der Waals surface area contributed by atoms with Crippen LogP contribution in [0.2, 0.25) is 25.1 Å². The van der Waals surface area contributed by atoms with Gasteiger partial charge in [0.25, 0.3) is 0 Å². The van der Waals surface area contributed by atoms with Crippen molar-refractivity contribution in [3.05, 3.63) is 290 Å². The Balaban J connectivity index is 0.000000183. The number of halogens is 5. The molecule has 0 amide bonds. The van der Waals surface area contributed by atoms with Crippen LogP contribution in [-0.4, -0.2) is 15.0 Å². The molecule has 3 nitrogen and oxygen atoms in total. The smallest absolute Gasteiger partial charge is 0.0702 e. The monoisotopic (exact) mass is 1200 g/mol. The average Bonchev–Trinajstić information content (AvgIpc) is 3.50. The molecule has 8 heteroatoms. The molecule has 3 aromatic heterocycles. The molecule has 0 spiro atoms. The topological polar surface area (TPSA) is 38.7 Å². The van der Waals surface area contributed by atoms with Crippen LogP contribution in [-0.2, 0) is 0 Å². The van der Waals surface area contributed by atoms with E-state index >= 15 is 0 Å². The van der Waals surface area contributed by atoms with Gasteiger partial charge in [0.1, 0.15) is 0 Å². The summed E-state index contributed by atoms with van der Waals surface area (Å²) in [5.41, 5.74) is 17.3. The van der Waals surface area contributed by atoms with Crippen molar-refractivity contribution in [2.75, 3.05) is 0 Å². The summed E-state index contributed by atoms with van der Waals surface area (Å²) in [6, 6.07) is 68.0. The van der Waals surface area contributed by atoms with E-state index in [2.05, 4.69) is 207 Å². The van der Waals surface area contributed by atoms with Crippen molar-refractivity contribution < 1.29 is 0 Å². The predicted octanol–water partition coefficient (Wildman–Crippen LogP) is 25.0. The molecule has 10 rings (SSSR count). The Morgan fingerprint density at radius 1 is 0.277 bits per heavy atom. The van der Waals surface area contributed by atoms with Crippen LogP contribution >= 0.6 is 58.0 Å². The third-order valence-corrected chi connectivity index (χ3v) is 15.2.